The summed E-state index contributed by atoms with van der Waals surface area (Å²) < 4.78 is 10.4. The van der Waals surface area contributed by atoms with Crippen LogP contribution in [0.25, 0.3) is 0 Å². The Balaban J connectivity index is 2.72. The summed E-state index contributed by atoms with van der Waals surface area (Å²) in [6.45, 7) is 4.02. The van der Waals surface area contributed by atoms with Crippen LogP contribution in [-0.2, 0) is 9.47 Å². The predicted octanol–water partition coefficient (Wildman–Crippen LogP) is 3.07. The first-order chi connectivity index (χ1) is 7.58. The number of hydrogen-bond donors (Lipinski definition) is 1. The van der Waals surface area contributed by atoms with E-state index in [4.69, 9.17) is 21.1 Å². The molecule has 4 heteroatoms. The van der Waals surface area contributed by atoms with Crippen molar-refractivity contribution >= 4 is 17.3 Å². The fraction of sp³-hybridized carbons (Fsp3) is 0.500. The summed E-state index contributed by atoms with van der Waals surface area (Å²) in [5, 5.41) is 4.07. The molecule has 1 unspecified atom stereocenters. The van der Waals surface area contributed by atoms with Crippen molar-refractivity contribution in [1.29, 1.82) is 0 Å². The molecule has 1 atom stereocenters. The van der Waals surface area contributed by atoms with Crippen LogP contribution in [0.4, 0.5) is 5.69 Å². The molecule has 0 aromatic heterocycles. The summed E-state index contributed by atoms with van der Waals surface area (Å²) in [7, 11) is 3.25. The maximum absolute atomic E-state index is 5.89. The maximum atomic E-state index is 5.89. The highest BCUT2D eigenvalue weighted by Gasteiger charge is 2.15. The van der Waals surface area contributed by atoms with Crippen molar-refractivity contribution in [2.45, 2.75) is 26.2 Å². The highest BCUT2D eigenvalue weighted by atomic mass is 35.5. The third-order valence-corrected chi connectivity index (χ3v) is 2.68. The molecule has 1 rings (SSSR count). The van der Waals surface area contributed by atoms with Crippen LogP contribution >= 0.6 is 11.6 Å². The molecule has 0 saturated carbocycles. The summed E-state index contributed by atoms with van der Waals surface area (Å²) in [6, 6.07) is 5.80. The molecule has 90 valence electrons. The predicted molar refractivity (Wildman–Crippen MR) is 67.1 cm³/mol. The Morgan fingerprint density at radius 2 is 1.88 bits per heavy atom. The minimum atomic E-state index is -0.268. The lowest BCUT2D eigenvalue weighted by Gasteiger charge is -2.24. The monoisotopic (exact) mass is 243 g/mol. The zero-order valence-electron chi connectivity index (χ0n) is 10.1. The summed E-state index contributed by atoms with van der Waals surface area (Å²) >= 11 is 5.89. The third kappa shape index (κ3) is 3.37. The van der Waals surface area contributed by atoms with Gasteiger partial charge in [-0.2, -0.15) is 0 Å². The van der Waals surface area contributed by atoms with Gasteiger partial charge in [0.1, 0.15) is 0 Å². The number of rotatable bonds is 5. The number of aryl methyl sites for hydroxylation is 1. The molecule has 3 nitrogen and oxygen atoms in total. The van der Waals surface area contributed by atoms with E-state index in [1.165, 1.54) is 0 Å². The molecule has 0 bridgehead atoms. The first-order valence-corrected chi connectivity index (χ1v) is 5.54. The molecule has 0 heterocycles. The van der Waals surface area contributed by atoms with Crippen molar-refractivity contribution in [3.05, 3.63) is 28.8 Å². The van der Waals surface area contributed by atoms with Gasteiger partial charge >= 0.3 is 0 Å². The van der Waals surface area contributed by atoms with Gasteiger partial charge in [-0.25, -0.2) is 0 Å². The molecule has 0 aliphatic rings. The van der Waals surface area contributed by atoms with E-state index in [1.54, 1.807) is 14.2 Å². The van der Waals surface area contributed by atoms with E-state index in [2.05, 4.69) is 5.32 Å². The van der Waals surface area contributed by atoms with Crippen molar-refractivity contribution in [3.63, 3.8) is 0 Å². The Bertz CT molecular complexity index is 340. The summed E-state index contributed by atoms with van der Waals surface area (Å²) in [5.74, 6) is 0. The normalized spacial score (nSPS) is 12.9. The highest BCUT2D eigenvalue weighted by molar-refractivity contribution is 6.30. The van der Waals surface area contributed by atoms with Gasteiger partial charge in [-0.3, -0.25) is 0 Å². The number of anilines is 1. The van der Waals surface area contributed by atoms with E-state index >= 15 is 0 Å². The van der Waals surface area contributed by atoms with Crippen LogP contribution in [-0.4, -0.2) is 26.6 Å². The van der Waals surface area contributed by atoms with Crippen molar-refractivity contribution in [3.8, 4) is 0 Å². The Kier molecular flexibility index (Phi) is 5.06. The van der Waals surface area contributed by atoms with Crippen LogP contribution in [0.15, 0.2) is 18.2 Å². The summed E-state index contributed by atoms with van der Waals surface area (Å²) in [6.07, 6.45) is -0.268. The van der Waals surface area contributed by atoms with Crippen LogP contribution in [0.3, 0.4) is 0 Å². The van der Waals surface area contributed by atoms with Gasteiger partial charge in [0, 0.05) is 24.9 Å². The van der Waals surface area contributed by atoms with Crippen LogP contribution < -0.4 is 5.32 Å². The molecule has 1 aromatic carbocycles. The van der Waals surface area contributed by atoms with E-state index in [9.17, 15) is 0 Å². The lowest BCUT2D eigenvalue weighted by molar-refractivity contribution is -0.109. The standard InChI is InChI=1S/C12H18ClNO2/c1-8-7-10(13)5-6-11(8)14-9(2)12(15-3)16-4/h5-7,9,12,14H,1-4H3. The molecule has 0 aliphatic heterocycles. The van der Waals surface area contributed by atoms with Crippen molar-refractivity contribution in [2.75, 3.05) is 19.5 Å². The van der Waals surface area contributed by atoms with Crippen LogP contribution in [0, 0.1) is 6.92 Å². The van der Waals surface area contributed by atoms with Crippen molar-refractivity contribution < 1.29 is 9.47 Å². The van der Waals surface area contributed by atoms with Gasteiger partial charge in [0.25, 0.3) is 0 Å². The van der Waals surface area contributed by atoms with E-state index in [0.717, 1.165) is 16.3 Å². The fourth-order valence-corrected chi connectivity index (χ4v) is 1.83. The zero-order chi connectivity index (χ0) is 12.1. The van der Waals surface area contributed by atoms with E-state index < -0.39 is 0 Å². The zero-order valence-corrected chi connectivity index (χ0v) is 10.8. The van der Waals surface area contributed by atoms with Crippen LogP contribution in [0.5, 0.6) is 0 Å². The minimum absolute atomic E-state index is 0.0647. The second kappa shape index (κ2) is 6.09. The molecule has 0 spiro atoms. The largest absolute Gasteiger partial charge is 0.377 e. The second-order valence-electron chi connectivity index (χ2n) is 3.73. The topological polar surface area (TPSA) is 30.5 Å². The van der Waals surface area contributed by atoms with Crippen molar-refractivity contribution in [2.24, 2.45) is 0 Å². The molecule has 1 N–H and O–H groups in total. The van der Waals surface area contributed by atoms with Gasteiger partial charge in [-0.15, -0.1) is 0 Å². The quantitative estimate of drug-likeness (QED) is 0.807. The lowest BCUT2D eigenvalue weighted by atomic mass is 10.2. The smallest absolute Gasteiger partial charge is 0.176 e. The Labute approximate surface area is 102 Å². The van der Waals surface area contributed by atoms with Gasteiger partial charge in [0.2, 0.25) is 0 Å². The number of nitrogens with one attached hydrogen (secondary N) is 1. The molecule has 0 amide bonds. The van der Waals surface area contributed by atoms with Gasteiger partial charge < -0.3 is 14.8 Å². The highest BCUT2D eigenvalue weighted by Crippen LogP contribution is 2.21. The first kappa shape index (κ1) is 13.3. The average Bonchev–Trinajstić information content (AvgIpc) is 2.24. The van der Waals surface area contributed by atoms with Gasteiger partial charge in [0.05, 0.1) is 6.04 Å². The van der Waals surface area contributed by atoms with E-state index in [-0.39, 0.29) is 12.3 Å². The Morgan fingerprint density at radius 1 is 1.25 bits per heavy atom. The Morgan fingerprint density at radius 3 is 2.38 bits per heavy atom. The first-order valence-electron chi connectivity index (χ1n) is 5.16. The summed E-state index contributed by atoms with van der Waals surface area (Å²) in [4.78, 5) is 0. The number of methoxy groups -OCH3 is 2. The van der Waals surface area contributed by atoms with Gasteiger partial charge in [-0.1, -0.05) is 11.6 Å². The number of ether oxygens (including phenoxy) is 2. The summed E-state index contributed by atoms with van der Waals surface area (Å²) in [5.41, 5.74) is 2.14. The third-order valence-electron chi connectivity index (χ3n) is 2.44. The van der Waals surface area contributed by atoms with Crippen molar-refractivity contribution in [1.82, 2.24) is 0 Å². The molecule has 0 fully saturated rings. The average molecular weight is 244 g/mol. The number of benzene rings is 1. The Hall–Kier alpha value is -0.770. The van der Waals surface area contributed by atoms with Crippen LogP contribution in [0.2, 0.25) is 5.02 Å². The fourth-order valence-electron chi connectivity index (χ4n) is 1.61. The number of hydrogen-bond acceptors (Lipinski definition) is 3. The number of halogens is 1. The maximum Gasteiger partial charge on any atom is 0.176 e. The van der Waals surface area contributed by atoms with Gasteiger partial charge in [-0.05, 0) is 37.6 Å². The minimum Gasteiger partial charge on any atom is -0.377 e. The molecule has 1 aromatic rings. The SMILES string of the molecule is COC(OC)C(C)Nc1ccc(Cl)cc1C. The van der Waals surface area contributed by atoms with E-state index in [1.807, 2.05) is 32.0 Å². The molecule has 16 heavy (non-hydrogen) atoms. The molecule has 0 aliphatic carbocycles. The molecular weight excluding hydrogens is 226 g/mol. The molecule has 0 saturated heterocycles. The van der Waals surface area contributed by atoms with E-state index in [0.29, 0.717) is 0 Å². The van der Waals surface area contributed by atoms with Gasteiger partial charge in [0.15, 0.2) is 6.29 Å². The molecular formula is C12H18ClNO2. The second-order valence-corrected chi connectivity index (χ2v) is 4.17. The molecule has 0 radical (unpaired) electrons. The van der Waals surface area contributed by atoms with Crippen LogP contribution in [0.1, 0.15) is 12.5 Å². The lowest BCUT2D eigenvalue weighted by Crippen LogP contribution is -2.33.